The van der Waals surface area contributed by atoms with E-state index in [0.717, 1.165) is 5.56 Å². The zero-order valence-corrected chi connectivity index (χ0v) is 16.1. The molecule has 4 rings (SSSR count). The molecular weight excluding hydrogens is 380 g/mol. The topological polar surface area (TPSA) is 71.1 Å². The largest absolute Gasteiger partial charge is 0.425 e. The maximum atomic E-state index is 13.1. The van der Waals surface area contributed by atoms with Gasteiger partial charge in [0.2, 0.25) is 0 Å². The Hall–Kier alpha value is -3.32. The van der Waals surface area contributed by atoms with E-state index >= 15 is 0 Å². The minimum atomic E-state index is -0.433. The summed E-state index contributed by atoms with van der Waals surface area (Å²) < 4.78 is 9.89. The van der Waals surface area contributed by atoms with Crippen LogP contribution < -0.4 is 16.0 Å². The summed E-state index contributed by atoms with van der Waals surface area (Å²) in [6.07, 6.45) is 0. The molecule has 0 fully saturated rings. The van der Waals surface area contributed by atoms with Gasteiger partial charge in [0.1, 0.15) is 5.75 Å². The predicted octanol–water partition coefficient (Wildman–Crippen LogP) is 2.93. The fraction of sp³-hybridized carbons (Fsp3) is 0.150. The van der Waals surface area contributed by atoms with Crippen molar-refractivity contribution in [3.05, 3.63) is 86.0 Å². The van der Waals surface area contributed by atoms with Crippen molar-refractivity contribution in [2.75, 3.05) is 0 Å². The summed E-state index contributed by atoms with van der Waals surface area (Å²) in [6.45, 7) is 0.181. The van der Waals surface area contributed by atoms with Crippen molar-refractivity contribution >= 4 is 22.8 Å². The number of aromatic nitrogens is 4. The lowest BCUT2D eigenvalue weighted by atomic mass is 10.2. The zero-order chi connectivity index (χ0) is 19.8. The first-order chi connectivity index (χ1) is 13.5. The molecule has 0 radical (unpaired) electrons. The summed E-state index contributed by atoms with van der Waals surface area (Å²) in [7, 11) is 3.27. The fourth-order valence-electron chi connectivity index (χ4n) is 3.03. The number of halogens is 1. The van der Waals surface area contributed by atoms with Gasteiger partial charge in [-0.15, -0.1) is 0 Å². The number of rotatable bonds is 4. The summed E-state index contributed by atoms with van der Waals surface area (Å²) in [5.41, 5.74) is 0.578. The van der Waals surface area contributed by atoms with E-state index in [1.807, 2.05) is 30.3 Å². The van der Waals surface area contributed by atoms with Crippen LogP contribution in [0.2, 0.25) is 5.02 Å². The van der Waals surface area contributed by atoms with Crippen LogP contribution in [0.15, 0.2) is 64.2 Å². The molecule has 0 amide bonds. The first-order valence-corrected chi connectivity index (χ1v) is 8.97. The fourth-order valence-corrected chi connectivity index (χ4v) is 3.15. The van der Waals surface area contributed by atoms with Crippen LogP contribution in [0.5, 0.6) is 11.8 Å². The highest BCUT2D eigenvalue weighted by Crippen LogP contribution is 2.24. The van der Waals surface area contributed by atoms with Gasteiger partial charge >= 0.3 is 11.7 Å². The third-order valence-electron chi connectivity index (χ3n) is 4.53. The maximum Gasteiger partial charge on any atom is 0.332 e. The van der Waals surface area contributed by atoms with Crippen molar-refractivity contribution in [2.45, 2.75) is 6.54 Å². The van der Waals surface area contributed by atoms with E-state index < -0.39 is 11.2 Å². The van der Waals surface area contributed by atoms with Gasteiger partial charge in [0.05, 0.1) is 6.54 Å². The van der Waals surface area contributed by atoms with Gasteiger partial charge in [-0.1, -0.05) is 41.9 Å². The normalized spacial score (nSPS) is 11.1. The molecule has 4 aromatic rings. The van der Waals surface area contributed by atoms with Gasteiger partial charge in [-0.2, -0.15) is 4.98 Å². The zero-order valence-electron chi connectivity index (χ0n) is 15.3. The third kappa shape index (κ3) is 3.10. The Kier molecular flexibility index (Phi) is 4.52. The number of aryl methyl sites for hydroxylation is 2. The highest BCUT2D eigenvalue weighted by atomic mass is 35.5. The molecule has 2 aromatic heterocycles. The SMILES string of the molecule is Cn1c(Oc2ccc(Cl)cc2)nc2c1c(=O)n(Cc1ccccc1)c(=O)n2C. The monoisotopic (exact) mass is 396 g/mol. The molecule has 0 atom stereocenters. The molecule has 0 N–H and O–H groups in total. The molecule has 0 aliphatic heterocycles. The number of imidazole rings is 1. The number of hydrogen-bond acceptors (Lipinski definition) is 4. The number of hydrogen-bond donors (Lipinski definition) is 0. The number of ether oxygens (including phenoxy) is 1. The molecule has 7 nitrogen and oxygen atoms in total. The summed E-state index contributed by atoms with van der Waals surface area (Å²) in [4.78, 5) is 30.2. The first-order valence-electron chi connectivity index (χ1n) is 8.59. The van der Waals surface area contributed by atoms with Crippen molar-refractivity contribution in [3.8, 4) is 11.8 Å². The van der Waals surface area contributed by atoms with Gasteiger partial charge in [-0.3, -0.25) is 18.5 Å². The van der Waals surface area contributed by atoms with Crippen LogP contribution in [0.4, 0.5) is 0 Å². The molecule has 0 unspecified atom stereocenters. The summed E-state index contributed by atoms with van der Waals surface area (Å²) >= 11 is 5.89. The maximum absolute atomic E-state index is 13.1. The van der Waals surface area contributed by atoms with E-state index in [1.165, 1.54) is 9.13 Å². The third-order valence-corrected chi connectivity index (χ3v) is 4.78. The van der Waals surface area contributed by atoms with Gasteiger partial charge in [-0.05, 0) is 29.8 Å². The standard InChI is InChI=1S/C20H17ClN4O3/c1-23-16-17(22-19(23)28-15-10-8-14(21)9-11-15)24(2)20(27)25(18(16)26)12-13-6-4-3-5-7-13/h3-11H,12H2,1-2H3. The van der Waals surface area contributed by atoms with Crippen LogP contribution in [-0.4, -0.2) is 18.7 Å². The van der Waals surface area contributed by atoms with E-state index in [4.69, 9.17) is 16.3 Å². The molecule has 8 heteroatoms. The Labute approximate surface area is 165 Å². The van der Waals surface area contributed by atoms with Crippen molar-refractivity contribution in [1.82, 2.24) is 18.7 Å². The second-order valence-electron chi connectivity index (χ2n) is 6.40. The van der Waals surface area contributed by atoms with Crippen molar-refractivity contribution < 1.29 is 4.74 Å². The Morgan fingerprint density at radius 2 is 1.64 bits per heavy atom. The summed E-state index contributed by atoms with van der Waals surface area (Å²) in [5, 5.41) is 0.587. The lowest BCUT2D eigenvalue weighted by molar-refractivity contribution is 0.427. The van der Waals surface area contributed by atoms with Crippen LogP contribution in [0.1, 0.15) is 5.56 Å². The molecule has 0 saturated carbocycles. The lowest BCUT2D eigenvalue weighted by Gasteiger charge is -2.08. The van der Waals surface area contributed by atoms with Crippen molar-refractivity contribution in [2.24, 2.45) is 14.1 Å². The smallest absolute Gasteiger partial charge is 0.332 e. The summed E-state index contributed by atoms with van der Waals surface area (Å²) in [5.74, 6) is 0.525. The van der Waals surface area contributed by atoms with Gasteiger partial charge in [-0.25, -0.2) is 4.79 Å². The van der Waals surface area contributed by atoms with E-state index in [-0.39, 0.29) is 18.2 Å². The van der Waals surface area contributed by atoms with Crippen molar-refractivity contribution in [3.63, 3.8) is 0 Å². The highest BCUT2D eigenvalue weighted by Gasteiger charge is 2.19. The summed E-state index contributed by atoms with van der Waals surface area (Å²) in [6, 6.07) is 16.4. The molecule has 0 bridgehead atoms. The van der Waals surface area contributed by atoms with Crippen LogP contribution in [0, 0.1) is 0 Å². The van der Waals surface area contributed by atoms with E-state index in [2.05, 4.69) is 4.98 Å². The molecule has 0 aliphatic carbocycles. The van der Waals surface area contributed by atoms with Gasteiger partial charge in [0.25, 0.3) is 5.56 Å². The number of benzene rings is 2. The first kappa shape index (κ1) is 18.1. The van der Waals surface area contributed by atoms with Crippen LogP contribution >= 0.6 is 11.6 Å². The average molecular weight is 397 g/mol. The van der Waals surface area contributed by atoms with Crippen LogP contribution in [0.3, 0.4) is 0 Å². The Balaban J connectivity index is 1.84. The van der Waals surface area contributed by atoms with Gasteiger partial charge in [0.15, 0.2) is 11.2 Å². The quantitative estimate of drug-likeness (QED) is 0.531. The Morgan fingerprint density at radius 3 is 2.32 bits per heavy atom. The molecule has 2 heterocycles. The Bertz CT molecular complexity index is 1270. The number of fused-ring (bicyclic) bond motifs is 1. The van der Waals surface area contributed by atoms with E-state index in [0.29, 0.717) is 16.3 Å². The highest BCUT2D eigenvalue weighted by molar-refractivity contribution is 6.30. The molecular formula is C20H17ClN4O3. The van der Waals surface area contributed by atoms with Gasteiger partial charge < -0.3 is 4.74 Å². The second-order valence-corrected chi connectivity index (χ2v) is 6.84. The molecule has 0 spiro atoms. The van der Waals surface area contributed by atoms with E-state index in [9.17, 15) is 9.59 Å². The lowest BCUT2D eigenvalue weighted by Crippen LogP contribution is -2.39. The molecule has 0 aliphatic rings. The average Bonchev–Trinajstić information content (AvgIpc) is 3.02. The minimum Gasteiger partial charge on any atom is -0.425 e. The molecule has 28 heavy (non-hydrogen) atoms. The second kappa shape index (κ2) is 7.01. The molecule has 0 saturated heterocycles. The van der Waals surface area contributed by atoms with Gasteiger partial charge in [0, 0.05) is 19.1 Å². The number of nitrogens with zero attached hydrogens (tertiary/aromatic N) is 4. The minimum absolute atomic E-state index is 0.181. The Morgan fingerprint density at radius 1 is 0.964 bits per heavy atom. The van der Waals surface area contributed by atoms with Crippen LogP contribution in [0.25, 0.3) is 11.2 Å². The van der Waals surface area contributed by atoms with Crippen molar-refractivity contribution in [1.29, 1.82) is 0 Å². The predicted molar refractivity (Wildman–Crippen MR) is 107 cm³/mol. The molecule has 2 aromatic carbocycles. The van der Waals surface area contributed by atoms with E-state index in [1.54, 1.807) is 42.9 Å². The van der Waals surface area contributed by atoms with Crippen LogP contribution in [-0.2, 0) is 20.6 Å². The molecule has 142 valence electrons.